The lowest BCUT2D eigenvalue weighted by Gasteiger charge is -2.10. The van der Waals surface area contributed by atoms with E-state index in [1.807, 2.05) is 38.4 Å². The lowest BCUT2D eigenvalue weighted by molar-refractivity contribution is -0.123. The number of nitrogens with two attached hydrogens (primary N) is 3. The summed E-state index contributed by atoms with van der Waals surface area (Å²) < 4.78 is 5.56. The number of anilines is 2. The number of carbonyl (C=O) groups excluding carboxylic acids is 2. The normalized spacial score (nSPS) is 11.4. The molecule has 0 fully saturated rings. The van der Waals surface area contributed by atoms with E-state index in [0.717, 1.165) is 44.2 Å². The molecule has 0 unspecified atom stereocenters. The van der Waals surface area contributed by atoms with Gasteiger partial charge in [0.1, 0.15) is 11.6 Å². The number of carbonyl (C=O) groups is 2. The monoisotopic (exact) mass is 513 g/mol. The van der Waals surface area contributed by atoms with Crippen LogP contribution in [-0.4, -0.2) is 73.0 Å². The summed E-state index contributed by atoms with van der Waals surface area (Å²) in [6.07, 6.45) is 4.51. The maximum absolute atomic E-state index is 12.3. The van der Waals surface area contributed by atoms with Crippen LogP contribution in [0.1, 0.15) is 47.4 Å². The first kappa shape index (κ1) is 29.3. The largest absolute Gasteiger partial charge is 0.484 e. The number of rotatable bonds is 14. The number of amides is 2. The van der Waals surface area contributed by atoms with Crippen LogP contribution in [0.4, 0.5) is 11.6 Å². The molecule has 12 heteroatoms. The van der Waals surface area contributed by atoms with Crippen molar-refractivity contribution in [2.24, 2.45) is 10.7 Å². The topological polar surface area (TPSA) is 187 Å². The molecule has 2 rings (SSSR count). The van der Waals surface area contributed by atoms with E-state index in [2.05, 4.69) is 30.5 Å². The lowest BCUT2D eigenvalue weighted by atomic mass is 10.1. The van der Waals surface area contributed by atoms with E-state index >= 15 is 0 Å². The highest BCUT2D eigenvalue weighted by molar-refractivity contribution is 6.06. The number of nitrogen functional groups attached to an aromatic ring is 2. The molecule has 0 aliphatic rings. The van der Waals surface area contributed by atoms with E-state index in [1.165, 1.54) is 0 Å². The van der Waals surface area contributed by atoms with Crippen molar-refractivity contribution in [2.45, 2.75) is 39.0 Å². The van der Waals surface area contributed by atoms with Crippen molar-refractivity contribution in [3.63, 3.8) is 0 Å². The minimum absolute atomic E-state index is 0.0000943. The third-order valence-electron chi connectivity index (χ3n) is 5.39. The van der Waals surface area contributed by atoms with Gasteiger partial charge in [0.25, 0.3) is 11.8 Å². The zero-order valence-electron chi connectivity index (χ0n) is 21.9. The zero-order chi connectivity index (χ0) is 27.2. The Morgan fingerprint density at radius 1 is 1.03 bits per heavy atom. The third kappa shape index (κ3) is 11.1. The Labute approximate surface area is 218 Å². The average Bonchev–Trinajstić information content (AvgIpc) is 2.85. The molecule has 0 radical (unpaired) electrons. The van der Waals surface area contributed by atoms with Crippen LogP contribution in [0, 0.1) is 6.92 Å². The van der Waals surface area contributed by atoms with Crippen molar-refractivity contribution in [1.29, 1.82) is 0 Å². The van der Waals surface area contributed by atoms with Gasteiger partial charge < -0.3 is 32.2 Å². The van der Waals surface area contributed by atoms with E-state index in [4.69, 9.17) is 21.9 Å². The van der Waals surface area contributed by atoms with Crippen LogP contribution in [0.3, 0.4) is 0 Å². The smallest absolute Gasteiger partial charge is 0.280 e. The van der Waals surface area contributed by atoms with Gasteiger partial charge >= 0.3 is 0 Å². The predicted octanol–water partition coefficient (Wildman–Crippen LogP) is 0.854. The quantitative estimate of drug-likeness (QED) is 0.139. The van der Waals surface area contributed by atoms with Crippen LogP contribution in [0.5, 0.6) is 5.75 Å². The molecule has 2 aromatic rings. The Morgan fingerprint density at radius 2 is 1.76 bits per heavy atom. The van der Waals surface area contributed by atoms with Crippen LogP contribution >= 0.6 is 0 Å². The van der Waals surface area contributed by atoms with E-state index < -0.39 is 5.91 Å². The van der Waals surface area contributed by atoms with Crippen molar-refractivity contribution < 1.29 is 14.3 Å². The van der Waals surface area contributed by atoms with Crippen LogP contribution in [0.2, 0.25) is 0 Å². The number of ether oxygens (including phenoxy) is 1. The molecule has 0 saturated carbocycles. The van der Waals surface area contributed by atoms with Crippen LogP contribution in [0.25, 0.3) is 0 Å². The number of benzene rings is 1. The summed E-state index contributed by atoms with van der Waals surface area (Å²) in [5.74, 6) is 0.0293. The fourth-order valence-corrected chi connectivity index (χ4v) is 3.30. The minimum Gasteiger partial charge on any atom is -0.484 e. The van der Waals surface area contributed by atoms with Gasteiger partial charge in [0.05, 0.1) is 5.69 Å². The van der Waals surface area contributed by atoms with Crippen LogP contribution < -0.4 is 32.6 Å². The van der Waals surface area contributed by atoms with E-state index in [1.54, 1.807) is 6.92 Å². The number of unbranched alkanes of at least 4 members (excludes halogenated alkanes) is 2. The number of aromatic nitrogens is 2. The molecule has 0 saturated heterocycles. The van der Waals surface area contributed by atoms with Gasteiger partial charge in [-0.05, 0) is 77.4 Å². The van der Waals surface area contributed by atoms with Gasteiger partial charge in [0, 0.05) is 13.1 Å². The molecule has 12 nitrogen and oxygen atoms in total. The number of guanidine groups is 1. The number of aryl methyl sites for hydroxylation is 2. The first-order valence-corrected chi connectivity index (χ1v) is 12.3. The fraction of sp³-hybridized carbons (Fsp3) is 0.480. The van der Waals surface area contributed by atoms with Crippen LogP contribution in [-0.2, 0) is 11.2 Å². The zero-order valence-corrected chi connectivity index (χ0v) is 21.9. The third-order valence-corrected chi connectivity index (χ3v) is 5.39. The second-order valence-electron chi connectivity index (χ2n) is 8.90. The summed E-state index contributed by atoms with van der Waals surface area (Å²) >= 11 is 0. The molecular formula is C25H39N9O3. The van der Waals surface area contributed by atoms with Crippen molar-refractivity contribution in [3.05, 3.63) is 41.2 Å². The van der Waals surface area contributed by atoms with Gasteiger partial charge in [0.15, 0.2) is 24.1 Å². The Morgan fingerprint density at radius 3 is 2.46 bits per heavy atom. The molecule has 8 N–H and O–H groups in total. The van der Waals surface area contributed by atoms with Crippen molar-refractivity contribution in [3.8, 4) is 5.75 Å². The van der Waals surface area contributed by atoms with E-state index in [9.17, 15) is 9.59 Å². The fourth-order valence-electron chi connectivity index (χ4n) is 3.30. The Hall–Kier alpha value is -3.93. The Bertz CT molecular complexity index is 1060. The molecule has 0 spiro atoms. The van der Waals surface area contributed by atoms with Gasteiger partial charge in [0.2, 0.25) is 0 Å². The highest BCUT2D eigenvalue weighted by atomic mass is 16.5. The van der Waals surface area contributed by atoms with Gasteiger partial charge in [-0.3, -0.25) is 19.9 Å². The second-order valence-corrected chi connectivity index (χ2v) is 8.90. The molecule has 202 valence electrons. The SMILES string of the molecule is Cc1nc(C(=O)NC(N)=NCCCCc2ccc(OCC(=O)NCCCCN(C)C)cc2)c(N)nc1N. The minimum atomic E-state index is -0.589. The highest BCUT2D eigenvalue weighted by Crippen LogP contribution is 2.14. The molecule has 0 bridgehead atoms. The van der Waals surface area contributed by atoms with E-state index in [0.29, 0.717) is 24.5 Å². The Kier molecular flexibility index (Phi) is 12.1. The molecule has 1 aromatic heterocycles. The first-order valence-electron chi connectivity index (χ1n) is 12.3. The highest BCUT2D eigenvalue weighted by Gasteiger charge is 2.15. The maximum atomic E-state index is 12.3. The number of nitrogens with zero attached hydrogens (tertiary/aromatic N) is 4. The lowest BCUT2D eigenvalue weighted by Crippen LogP contribution is -2.38. The molecule has 0 aliphatic carbocycles. The summed E-state index contributed by atoms with van der Waals surface area (Å²) in [5.41, 5.74) is 18.7. The maximum Gasteiger partial charge on any atom is 0.280 e. The van der Waals surface area contributed by atoms with Gasteiger partial charge in [-0.2, -0.15) is 0 Å². The number of nitrogens with one attached hydrogen (secondary N) is 2. The number of hydrogen-bond acceptors (Lipinski definition) is 9. The standard InChI is InChI=1S/C25H39N9O3/c1-17-22(26)32-23(27)21(31-17)24(36)33-25(28)30-14-5-4-8-18-9-11-19(12-10-18)37-16-20(35)29-13-6-7-15-34(2)3/h9-12H,4-8,13-16H2,1-3H3,(H,29,35)(H4,26,27,32)(H3,28,30,33,36). The number of aliphatic imine (C=N–C) groups is 1. The summed E-state index contributed by atoms with van der Waals surface area (Å²) in [6, 6.07) is 7.68. The molecule has 0 atom stereocenters. The molecule has 0 aliphatic heterocycles. The summed E-state index contributed by atoms with van der Waals surface area (Å²) in [4.78, 5) is 38.4. The van der Waals surface area contributed by atoms with Crippen LogP contribution in [0.15, 0.2) is 29.3 Å². The molecule has 37 heavy (non-hydrogen) atoms. The van der Waals surface area contributed by atoms with Crippen molar-refractivity contribution >= 4 is 29.4 Å². The van der Waals surface area contributed by atoms with Gasteiger partial charge in [-0.15, -0.1) is 0 Å². The molecular weight excluding hydrogens is 474 g/mol. The van der Waals surface area contributed by atoms with E-state index in [-0.39, 0.29) is 35.8 Å². The summed E-state index contributed by atoms with van der Waals surface area (Å²) in [7, 11) is 4.07. The Balaban J connectivity index is 1.63. The molecule has 1 aromatic carbocycles. The molecule has 2 amide bonds. The van der Waals surface area contributed by atoms with Crippen molar-refractivity contribution in [2.75, 3.05) is 51.8 Å². The second kappa shape index (κ2) is 15.2. The summed E-state index contributed by atoms with van der Waals surface area (Å²) in [5, 5.41) is 5.33. The van der Waals surface area contributed by atoms with Gasteiger partial charge in [-0.25, -0.2) is 9.97 Å². The predicted molar refractivity (Wildman–Crippen MR) is 145 cm³/mol. The summed E-state index contributed by atoms with van der Waals surface area (Å²) in [6.45, 7) is 3.75. The number of hydrogen-bond donors (Lipinski definition) is 5. The first-order chi connectivity index (χ1) is 17.7. The van der Waals surface area contributed by atoms with Crippen molar-refractivity contribution in [1.82, 2.24) is 25.5 Å². The molecule has 1 heterocycles. The van der Waals surface area contributed by atoms with Gasteiger partial charge in [-0.1, -0.05) is 12.1 Å². The average molecular weight is 514 g/mol.